The summed E-state index contributed by atoms with van der Waals surface area (Å²) in [6.07, 6.45) is -0.646. The van der Waals surface area contributed by atoms with Crippen LogP contribution in [0.1, 0.15) is 6.23 Å². The Hall–Kier alpha value is -1.74. The lowest BCUT2D eigenvalue weighted by atomic mass is 10.1. The van der Waals surface area contributed by atoms with Crippen molar-refractivity contribution in [2.45, 2.75) is 24.5 Å². The van der Waals surface area contributed by atoms with E-state index in [1.54, 1.807) is 34.8 Å². The maximum Gasteiger partial charge on any atom is 0.231 e. The zero-order valence-corrected chi connectivity index (χ0v) is 10.9. The number of anilines is 1. The fourth-order valence-electron chi connectivity index (χ4n) is 2.48. The van der Waals surface area contributed by atoms with Crippen LogP contribution in [0.25, 0.3) is 11.0 Å². The molecule has 8 nitrogen and oxygen atoms in total. The largest absolute Gasteiger partial charge is 0.394 e. The molecule has 0 bridgehead atoms. The van der Waals surface area contributed by atoms with Crippen LogP contribution in [0, 0.1) is 0 Å². The summed E-state index contributed by atoms with van der Waals surface area (Å²) in [5.74, 6) is 0.542. The second-order valence-corrected chi connectivity index (χ2v) is 4.93. The van der Waals surface area contributed by atoms with E-state index in [0.29, 0.717) is 11.5 Å². The molecular formula is C12H17N4O4+. The van der Waals surface area contributed by atoms with Gasteiger partial charge in [-0.15, -0.1) is 0 Å². The molecule has 1 aliphatic rings. The Balaban J connectivity index is 2.05. The summed E-state index contributed by atoms with van der Waals surface area (Å²) in [4.78, 5) is 4.27. The van der Waals surface area contributed by atoms with Gasteiger partial charge < -0.3 is 25.8 Å². The molecule has 0 aliphatic carbocycles. The Morgan fingerprint density at radius 1 is 1.45 bits per heavy atom. The van der Waals surface area contributed by atoms with Gasteiger partial charge in [0.1, 0.15) is 23.7 Å². The minimum Gasteiger partial charge on any atom is -0.394 e. The van der Waals surface area contributed by atoms with Gasteiger partial charge in [0, 0.05) is 6.20 Å². The minimum atomic E-state index is -1.14. The van der Waals surface area contributed by atoms with E-state index in [2.05, 4.69) is 4.98 Å². The summed E-state index contributed by atoms with van der Waals surface area (Å²) in [5, 5.41) is 29.7. The monoisotopic (exact) mass is 281 g/mol. The number of nitrogens with two attached hydrogens (primary N) is 1. The predicted octanol–water partition coefficient (Wildman–Crippen LogP) is -1.95. The van der Waals surface area contributed by atoms with Crippen LogP contribution in [0.3, 0.4) is 0 Å². The van der Waals surface area contributed by atoms with Crippen LogP contribution in [0.2, 0.25) is 0 Å². The van der Waals surface area contributed by atoms with E-state index in [4.69, 9.17) is 15.6 Å². The normalized spacial score (nSPS) is 30.2. The molecule has 3 heterocycles. The molecule has 0 amide bonds. The third-order valence-corrected chi connectivity index (χ3v) is 3.69. The fraction of sp³-hybridized carbons (Fsp3) is 0.500. The Labute approximate surface area is 114 Å². The van der Waals surface area contributed by atoms with Gasteiger partial charge in [-0.1, -0.05) is 4.98 Å². The lowest BCUT2D eigenvalue weighted by Gasteiger charge is -2.16. The highest BCUT2D eigenvalue weighted by atomic mass is 16.6. The van der Waals surface area contributed by atoms with Crippen LogP contribution < -0.4 is 10.3 Å². The maximum atomic E-state index is 10.0. The smallest absolute Gasteiger partial charge is 0.231 e. The number of nitrogens with zero attached hydrogens (tertiary/aromatic N) is 3. The molecule has 2 aromatic heterocycles. The first kappa shape index (κ1) is 13.3. The number of fused-ring (bicyclic) bond motifs is 1. The van der Waals surface area contributed by atoms with Crippen LogP contribution in [0.15, 0.2) is 18.6 Å². The fourth-order valence-corrected chi connectivity index (χ4v) is 2.48. The topological polar surface area (TPSA) is 118 Å². The average molecular weight is 281 g/mol. The van der Waals surface area contributed by atoms with Crippen molar-refractivity contribution in [3.8, 4) is 0 Å². The van der Waals surface area contributed by atoms with Crippen molar-refractivity contribution < 1.29 is 24.6 Å². The molecule has 0 aromatic carbocycles. The summed E-state index contributed by atoms with van der Waals surface area (Å²) in [6, 6.07) is 1.77. The summed E-state index contributed by atoms with van der Waals surface area (Å²) in [7, 11) is 1.78. The number of rotatable bonds is 2. The number of hydrogen-bond acceptors (Lipinski definition) is 6. The van der Waals surface area contributed by atoms with Gasteiger partial charge in [0.25, 0.3) is 0 Å². The van der Waals surface area contributed by atoms with Crippen molar-refractivity contribution in [2.75, 3.05) is 12.3 Å². The van der Waals surface area contributed by atoms with Gasteiger partial charge in [0.15, 0.2) is 6.23 Å². The Morgan fingerprint density at radius 2 is 2.20 bits per heavy atom. The molecule has 8 heteroatoms. The molecule has 3 rings (SSSR count). The standard InChI is InChI=1S/C12H16N4O4/c1-15-5-14-11-6(10(15)13)2-3-16(11)12-9(19)8(18)7(4-17)20-12/h2-3,5,7-9,12-13,17-19H,4H2,1H3/p+1/t7-,8+,9+,12-/m0/s1. The Morgan fingerprint density at radius 3 is 2.85 bits per heavy atom. The molecule has 0 radical (unpaired) electrons. The van der Waals surface area contributed by atoms with Crippen LogP contribution in [-0.2, 0) is 11.8 Å². The van der Waals surface area contributed by atoms with E-state index in [1.165, 1.54) is 0 Å². The maximum absolute atomic E-state index is 10.0. The first-order valence-electron chi connectivity index (χ1n) is 6.27. The average Bonchev–Trinajstić information content (AvgIpc) is 2.98. The molecular weight excluding hydrogens is 264 g/mol. The lowest BCUT2D eigenvalue weighted by Crippen LogP contribution is -2.33. The highest BCUT2D eigenvalue weighted by molar-refractivity contribution is 5.84. The van der Waals surface area contributed by atoms with E-state index >= 15 is 0 Å². The number of aliphatic hydroxyl groups excluding tert-OH is 3. The van der Waals surface area contributed by atoms with Crippen molar-refractivity contribution in [1.29, 1.82) is 0 Å². The van der Waals surface area contributed by atoms with Crippen molar-refractivity contribution in [3.05, 3.63) is 18.6 Å². The predicted molar refractivity (Wildman–Crippen MR) is 68.3 cm³/mol. The highest BCUT2D eigenvalue weighted by Gasteiger charge is 2.44. The van der Waals surface area contributed by atoms with E-state index in [-0.39, 0.29) is 6.61 Å². The molecule has 1 saturated heterocycles. The van der Waals surface area contributed by atoms with E-state index < -0.39 is 24.5 Å². The molecule has 2 aromatic rings. The van der Waals surface area contributed by atoms with Gasteiger partial charge >= 0.3 is 0 Å². The van der Waals surface area contributed by atoms with Crippen molar-refractivity contribution in [1.82, 2.24) is 9.55 Å². The zero-order valence-electron chi connectivity index (χ0n) is 10.9. The van der Waals surface area contributed by atoms with E-state index in [9.17, 15) is 10.2 Å². The van der Waals surface area contributed by atoms with Crippen LogP contribution in [0.4, 0.5) is 5.82 Å². The summed E-state index contributed by atoms with van der Waals surface area (Å²) in [6.45, 7) is -0.363. The quantitative estimate of drug-likeness (QED) is 0.475. The minimum absolute atomic E-state index is 0.363. The third kappa shape index (κ3) is 1.77. The highest BCUT2D eigenvalue weighted by Crippen LogP contribution is 2.32. The Kier molecular flexibility index (Phi) is 3.09. The van der Waals surface area contributed by atoms with Crippen molar-refractivity contribution >= 4 is 16.9 Å². The van der Waals surface area contributed by atoms with Crippen molar-refractivity contribution in [2.24, 2.45) is 7.05 Å². The summed E-state index contributed by atoms with van der Waals surface area (Å²) >= 11 is 0. The molecule has 0 saturated carbocycles. The van der Waals surface area contributed by atoms with Gasteiger partial charge in [-0.25, -0.2) is 4.57 Å². The molecule has 0 spiro atoms. The Bertz CT molecular complexity index is 644. The molecule has 5 N–H and O–H groups in total. The van der Waals surface area contributed by atoms with Gasteiger partial charge in [0.05, 0.1) is 13.7 Å². The molecule has 108 valence electrons. The van der Waals surface area contributed by atoms with Crippen LogP contribution in [0.5, 0.6) is 0 Å². The lowest BCUT2D eigenvalue weighted by molar-refractivity contribution is -0.658. The molecule has 4 atom stereocenters. The zero-order chi connectivity index (χ0) is 14.4. The molecule has 0 unspecified atom stereocenters. The molecule has 20 heavy (non-hydrogen) atoms. The number of aryl methyl sites for hydroxylation is 1. The third-order valence-electron chi connectivity index (χ3n) is 3.69. The first-order valence-corrected chi connectivity index (χ1v) is 6.27. The summed E-state index contributed by atoms with van der Waals surface area (Å²) < 4.78 is 8.77. The van der Waals surface area contributed by atoms with Gasteiger partial charge in [-0.3, -0.25) is 4.57 Å². The van der Waals surface area contributed by atoms with Gasteiger partial charge in [-0.2, -0.15) is 0 Å². The second-order valence-electron chi connectivity index (χ2n) is 4.93. The SMILES string of the molecule is C[n+]1cnc2c(ccn2[C@H]2O[C@@H](CO)[C@@H](O)[C@H]2O)c1N. The number of nitrogen functional groups attached to an aromatic ring is 1. The first-order chi connectivity index (χ1) is 9.54. The van der Waals surface area contributed by atoms with Crippen molar-refractivity contribution in [3.63, 3.8) is 0 Å². The second kappa shape index (κ2) is 4.67. The van der Waals surface area contributed by atoms with E-state index in [0.717, 1.165) is 5.39 Å². The van der Waals surface area contributed by atoms with Gasteiger partial charge in [0.2, 0.25) is 17.8 Å². The van der Waals surface area contributed by atoms with E-state index in [1.807, 2.05) is 0 Å². The molecule has 1 fully saturated rings. The molecule has 1 aliphatic heterocycles. The van der Waals surface area contributed by atoms with Crippen LogP contribution >= 0.6 is 0 Å². The number of aliphatic hydroxyl groups is 3. The number of ether oxygens (including phenoxy) is 1. The van der Waals surface area contributed by atoms with Gasteiger partial charge in [-0.05, 0) is 6.07 Å². The van der Waals surface area contributed by atoms with Crippen LogP contribution in [-0.4, -0.2) is 49.8 Å². The number of hydrogen-bond donors (Lipinski definition) is 4. The number of aromatic nitrogens is 3. The summed E-state index contributed by atoms with van der Waals surface area (Å²) in [5.41, 5.74) is 6.51.